The lowest BCUT2D eigenvalue weighted by atomic mass is 10.0. The van der Waals surface area contributed by atoms with E-state index in [1.807, 2.05) is 26.8 Å². The van der Waals surface area contributed by atoms with Gasteiger partial charge in [0.25, 0.3) is 0 Å². The summed E-state index contributed by atoms with van der Waals surface area (Å²) in [5, 5.41) is 4.54. The molecule has 0 spiro atoms. The van der Waals surface area contributed by atoms with Gasteiger partial charge in [0.15, 0.2) is 5.13 Å². The molecule has 1 fully saturated rings. The number of aliphatic imine (C=N–C) groups is 2. The highest BCUT2D eigenvalue weighted by atomic mass is 32.2. The molecule has 1 heterocycles. The van der Waals surface area contributed by atoms with E-state index in [1.165, 1.54) is 24.6 Å². The lowest BCUT2D eigenvalue weighted by molar-refractivity contribution is -0.117. The van der Waals surface area contributed by atoms with Gasteiger partial charge in [0, 0.05) is 11.1 Å². The number of ether oxygens (including phenoxy) is 2. The number of aromatic nitrogens is 1. The molecule has 1 unspecified atom stereocenters. The Morgan fingerprint density at radius 3 is 2.72 bits per heavy atom. The Morgan fingerprint density at radius 1 is 1.36 bits per heavy atom. The van der Waals surface area contributed by atoms with E-state index in [-0.39, 0.29) is 16.3 Å². The van der Waals surface area contributed by atoms with E-state index in [2.05, 4.69) is 31.7 Å². The van der Waals surface area contributed by atoms with E-state index in [0.29, 0.717) is 54.6 Å². The molecule has 1 aliphatic carbocycles. The van der Waals surface area contributed by atoms with E-state index < -0.39 is 15.9 Å². The topological polar surface area (TPSA) is 131 Å². The number of hydrogen-bond donors (Lipinski definition) is 2. The van der Waals surface area contributed by atoms with Crippen molar-refractivity contribution in [1.29, 1.82) is 0 Å². The quantitative estimate of drug-likeness (QED) is 0.287. The predicted molar refractivity (Wildman–Crippen MR) is 144 cm³/mol. The van der Waals surface area contributed by atoms with E-state index in [9.17, 15) is 13.2 Å². The molecule has 3 rings (SSSR count). The van der Waals surface area contributed by atoms with Crippen LogP contribution in [0.5, 0.6) is 5.75 Å². The molecule has 1 aromatic carbocycles. The SMILES string of the molecule is C=N/C=C(\N=C(C)c1ccc(NC(=O)C(CC)c2csc(NS(=O)(=O)C3CC3)n2)c(OC)c1)OCC. The Morgan fingerprint density at radius 2 is 2.11 bits per heavy atom. The lowest BCUT2D eigenvalue weighted by Gasteiger charge is -2.16. The number of methoxy groups -OCH3 is 1. The van der Waals surface area contributed by atoms with Gasteiger partial charge in [-0.2, -0.15) is 0 Å². The maximum absolute atomic E-state index is 13.1. The standard InChI is InChI=1S/C24H31N5O5S2/c1-6-18(20-14-35-24(28-20)29-36(31,32)17-9-10-17)23(30)27-19-11-8-16(12-21(19)33-5)15(3)26-22(13-25-4)34-7-2/h8,11-14,17-18H,4,6-7,9-10H2,1-3,5H3,(H,27,30)(H,28,29)/b22-13+,26-15?. The number of amides is 1. The van der Waals surface area contributed by atoms with E-state index in [0.717, 1.165) is 5.56 Å². The molecule has 0 saturated heterocycles. The Bertz CT molecular complexity index is 1270. The van der Waals surface area contributed by atoms with Gasteiger partial charge in [-0.25, -0.2) is 18.4 Å². The van der Waals surface area contributed by atoms with Crippen molar-refractivity contribution in [1.82, 2.24) is 4.98 Å². The lowest BCUT2D eigenvalue weighted by Crippen LogP contribution is -2.22. The normalized spacial score (nSPS) is 15.2. The van der Waals surface area contributed by atoms with Gasteiger partial charge in [-0.3, -0.25) is 14.5 Å². The number of carbonyl (C=O) groups is 1. The molecular weight excluding hydrogens is 502 g/mol. The van der Waals surface area contributed by atoms with Gasteiger partial charge in [0.2, 0.25) is 21.8 Å². The molecule has 2 N–H and O–H groups in total. The first-order valence-corrected chi connectivity index (χ1v) is 13.9. The summed E-state index contributed by atoms with van der Waals surface area (Å²) in [5.74, 6) is -0.0211. The van der Waals surface area contributed by atoms with Gasteiger partial charge in [0.05, 0.1) is 42.5 Å². The zero-order valence-corrected chi connectivity index (χ0v) is 22.4. The van der Waals surface area contributed by atoms with Gasteiger partial charge < -0.3 is 14.8 Å². The Hall–Kier alpha value is -3.25. The van der Waals surface area contributed by atoms with Crippen molar-refractivity contribution >= 4 is 50.5 Å². The van der Waals surface area contributed by atoms with Gasteiger partial charge in [-0.15, -0.1) is 11.3 Å². The van der Waals surface area contributed by atoms with E-state index in [4.69, 9.17) is 9.47 Å². The van der Waals surface area contributed by atoms with Crippen LogP contribution in [-0.2, 0) is 19.6 Å². The van der Waals surface area contributed by atoms with Crippen LogP contribution in [0.1, 0.15) is 57.2 Å². The number of anilines is 2. The fourth-order valence-electron chi connectivity index (χ4n) is 3.40. The summed E-state index contributed by atoms with van der Waals surface area (Å²) in [7, 11) is -1.89. The molecule has 1 atom stereocenters. The number of carbonyl (C=O) groups excluding carboxylic acids is 1. The van der Waals surface area contributed by atoms with Crippen LogP contribution in [0.15, 0.2) is 45.6 Å². The zero-order valence-electron chi connectivity index (χ0n) is 20.8. The molecule has 2 aromatic rings. The molecule has 36 heavy (non-hydrogen) atoms. The van der Waals surface area contributed by atoms with Crippen LogP contribution >= 0.6 is 11.3 Å². The highest BCUT2D eigenvalue weighted by Crippen LogP contribution is 2.33. The number of thiazole rings is 1. The predicted octanol–water partition coefficient (Wildman–Crippen LogP) is 4.53. The summed E-state index contributed by atoms with van der Waals surface area (Å²) >= 11 is 1.17. The van der Waals surface area contributed by atoms with Crippen molar-refractivity contribution in [2.24, 2.45) is 9.98 Å². The summed E-state index contributed by atoms with van der Waals surface area (Å²) in [5.41, 5.74) is 2.46. The average molecular weight is 534 g/mol. The van der Waals surface area contributed by atoms with Gasteiger partial charge >= 0.3 is 0 Å². The molecule has 0 bridgehead atoms. The average Bonchev–Trinajstić information content (AvgIpc) is 3.62. The molecule has 12 heteroatoms. The molecule has 10 nitrogen and oxygen atoms in total. The summed E-state index contributed by atoms with van der Waals surface area (Å²) < 4.78 is 37.9. The number of rotatable bonds is 13. The van der Waals surface area contributed by atoms with Crippen LogP contribution in [0.25, 0.3) is 0 Å². The van der Waals surface area contributed by atoms with Gasteiger partial charge in [-0.05, 0) is 57.5 Å². The molecule has 194 valence electrons. The monoisotopic (exact) mass is 533 g/mol. The van der Waals surface area contributed by atoms with Gasteiger partial charge in [-0.1, -0.05) is 13.0 Å². The minimum absolute atomic E-state index is 0.269. The summed E-state index contributed by atoms with van der Waals surface area (Å²) in [6.45, 7) is 9.42. The molecule has 1 aromatic heterocycles. The fraction of sp³-hybridized carbons (Fsp3) is 0.417. The van der Waals surface area contributed by atoms with Crippen molar-refractivity contribution in [3.63, 3.8) is 0 Å². The number of sulfonamides is 1. The second-order valence-electron chi connectivity index (χ2n) is 8.07. The molecule has 1 saturated carbocycles. The third-order valence-electron chi connectivity index (χ3n) is 5.45. The van der Waals surface area contributed by atoms with Gasteiger partial charge in [0.1, 0.15) is 5.75 Å². The van der Waals surface area contributed by atoms with Crippen molar-refractivity contribution < 1.29 is 22.7 Å². The van der Waals surface area contributed by atoms with Crippen molar-refractivity contribution in [2.45, 2.75) is 51.2 Å². The first-order valence-electron chi connectivity index (χ1n) is 11.5. The molecule has 1 aliphatic rings. The zero-order chi connectivity index (χ0) is 26.3. The highest BCUT2D eigenvalue weighted by molar-refractivity contribution is 7.93. The van der Waals surface area contributed by atoms with E-state index in [1.54, 1.807) is 17.5 Å². The highest BCUT2D eigenvalue weighted by Gasteiger charge is 2.36. The van der Waals surface area contributed by atoms with Crippen LogP contribution < -0.4 is 14.8 Å². The number of benzene rings is 1. The molecule has 0 radical (unpaired) electrons. The minimum atomic E-state index is -3.41. The van der Waals surface area contributed by atoms with Crippen molar-refractivity contribution in [3.8, 4) is 5.75 Å². The third-order valence-corrected chi connectivity index (χ3v) is 8.18. The first kappa shape index (κ1) is 27.3. The Balaban J connectivity index is 1.76. The summed E-state index contributed by atoms with van der Waals surface area (Å²) in [6, 6.07) is 5.33. The summed E-state index contributed by atoms with van der Waals surface area (Å²) in [4.78, 5) is 25.6. The Kier molecular flexibility index (Phi) is 9.21. The largest absolute Gasteiger partial charge is 0.495 e. The second kappa shape index (κ2) is 12.1. The Labute approximate surface area is 215 Å². The molecular formula is C24H31N5O5S2. The minimum Gasteiger partial charge on any atom is -0.495 e. The smallest absolute Gasteiger partial charge is 0.237 e. The fourth-order valence-corrected chi connectivity index (χ4v) is 5.76. The van der Waals surface area contributed by atoms with Crippen molar-refractivity contribution in [2.75, 3.05) is 23.8 Å². The number of nitrogens with one attached hydrogen (secondary N) is 2. The summed E-state index contributed by atoms with van der Waals surface area (Å²) in [6.07, 6.45) is 3.25. The number of nitrogens with zero attached hydrogens (tertiary/aromatic N) is 3. The van der Waals surface area contributed by atoms with Crippen LogP contribution in [0, 0.1) is 0 Å². The first-order chi connectivity index (χ1) is 17.2. The molecule has 0 aliphatic heterocycles. The van der Waals surface area contributed by atoms with Crippen molar-refractivity contribution in [3.05, 3.63) is 46.9 Å². The van der Waals surface area contributed by atoms with Crippen LogP contribution in [0.2, 0.25) is 0 Å². The third kappa shape index (κ3) is 6.91. The maximum Gasteiger partial charge on any atom is 0.237 e. The van der Waals surface area contributed by atoms with E-state index >= 15 is 0 Å². The second-order valence-corrected chi connectivity index (χ2v) is 10.9. The number of hydrogen-bond acceptors (Lipinski definition) is 9. The van der Waals surface area contributed by atoms with Crippen LogP contribution in [0.3, 0.4) is 0 Å². The molecule has 1 amide bonds. The van der Waals surface area contributed by atoms with Crippen LogP contribution in [0.4, 0.5) is 10.8 Å². The van der Waals surface area contributed by atoms with Crippen LogP contribution in [-0.4, -0.2) is 50.7 Å². The maximum atomic E-state index is 13.1.